The van der Waals surface area contributed by atoms with E-state index >= 15 is 0 Å². The fraction of sp³-hybridized carbons (Fsp3) is 0.462. The molecule has 6 heteroatoms. The van der Waals surface area contributed by atoms with E-state index in [2.05, 4.69) is 14.9 Å². The number of rotatable bonds is 3. The van der Waals surface area contributed by atoms with E-state index < -0.39 is 0 Å². The summed E-state index contributed by atoms with van der Waals surface area (Å²) >= 11 is 1.16. The van der Waals surface area contributed by atoms with Crippen molar-refractivity contribution in [3.05, 3.63) is 34.2 Å². The van der Waals surface area contributed by atoms with E-state index in [1.807, 2.05) is 13.0 Å². The third-order valence-corrected chi connectivity index (χ3v) is 4.22. The van der Waals surface area contributed by atoms with Gasteiger partial charge in [0, 0.05) is 12.0 Å². The van der Waals surface area contributed by atoms with E-state index in [1.165, 1.54) is 0 Å². The van der Waals surface area contributed by atoms with E-state index in [0.29, 0.717) is 4.88 Å². The fourth-order valence-electron chi connectivity index (χ4n) is 2.47. The van der Waals surface area contributed by atoms with Gasteiger partial charge in [0.15, 0.2) is 0 Å². The number of fused-ring (bicyclic) bond motifs is 1. The number of amides is 1. The Hall–Kier alpha value is -1.69. The van der Waals surface area contributed by atoms with Gasteiger partial charge in [-0.05, 0) is 36.9 Å². The average molecular weight is 277 g/mol. The van der Waals surface area contributed by atoms with Gasteiger partial charge < -0.3 is 9.73 Å². The molecule has 1 aliphatic rings. The minimum absolute atomic E-state index is 0.0433. The molecule has 0 saturated carbocycles. The van der Waals surface area contributed by atoms with Crippen LogP contribution in [0.2, 0.25) is 0 Å². The molecule has 0 saturated heterocycles. The summed E-state index contributed by atoms with van der Waals surface area (Å²) in [7, 11) is 0. The van der Waals surface area contributed by atoms with Gasteiger partial charge in [-0.15, -0.1) is 5.10 Å². The van der Waals surface area contributed by atoms with Crippen molar-refractivity contribution in [2.24, 2.45) is 0 Å². The van der Waals surface area contributed by atoms with Gasteiger partial charge in [-0.2, -0.15) is 0 Å². The Kier molecular flexibility index (Phi) is 3.33. The van der Waals surface area contributed by atoms with E-state index in [4.69, 9.17) is 4.42 Å². The molecule has 0 aromatic carbocycles. The maximum atomic E-state index is 12.3. The lowest BCUT2D eigenvalue weighted by Gasteiger charge is -2.22. The molecule has 1 atom stereocenters. The Morgan fingerprint density at radius 1 is 1.63 bits per heavy atom. The number of nitrogens with zero attached hydrogens (tertiary/aromatic N) is 2. The number of aromatic nitrogens is 2. The molecule has 0 aliphatic heterocycles. The van der Waals surface area contributed by atoms with E-state index in [-0.39, 0.29) is 11.9 Å². The van der Waals surface area contributed by atoms with Gasteiger partial charge in [-0.3, -0.25) is 4.79 Å². The SMILES string of the molecule is CCc1nnsc1C(=O)NC1CCCc2occc21. The van der Waals surface area contributed by atoms with Crippen LogP contribution in [-0.2, 0) is 12.8 Å². The van der Waals surface area contributed by atoms with Crippen LogP contribution in [-0.4, -0.2) is 15.5 Å². The minimum atomic E-state index is -0.0779. The maximum absolute atomic E-state index is 12.3. The van der Waals surface area contributed by atoms with Crippen LogP contribution in [0.15, 0.2) is 16.7 Å². The Morgan fingerprint density at radius 2 is 2.53 bits per heavy atom. The molecule has 1 N–H and O–H groups in total. The Morgan fingerprint density at radius 3 is 3.37 bits per heavy atom. The molecule has 19 heavy (non-hydrogen) atoms. The first kappa shape index (κ1) is 12.3. The summed E-state index contributed by atoms with van der Waals surface area (Å²) in [5.74, 6) is 0.917. The lowest BCUT2D eigenvalue weighted by molar-refractivity contribution is 0.0935. The summed E-state index contributed by atoms with van der Waals surface area (Å²) in [6.07, 6.45) is 5.36. The van der Waals surface area contributed by atoms with Gasteiger partial charge in [0.1, 0.15) is 10.6 Å². The average Bonchev–Trinajstić information content (AvgIpc) is 3.07. The first-order chi connectivity index (χ1) is 9.29. The molecule has 5 nitrogen and oxygen atoms in total. The highest BCUT2D eigenvalue weighted by Gasteiger charge is 2.25. The van der Waals surface area contributed by atoms with Crippen molar-refractivity contribution in [2.75, 3.05) is 0 Å². The predicted octanol–water partition coefficient (Wildman–Crippen LogP) is 2.50. The number of carbonyl (C=O) groups excluding carboxylic acids is 1. The van der Waals surface area contributed by atoms with E-state index in [0.717, 1.165) is 54.2 Å². The Labute approximate surface area is 115 Å². The standard InChI is InChI=1S/C13H15N3O2S/c1-2-9-12(19-16-15-9)13(17)14-10-4-3-5-11-8(10)6-7-18-11/h6-7,10H,2-5H2,1H3,(H,14,17). The molecule has 0 radical (unpaired) electrons. The number of nitrogens with one attached hydrogen (secondary N) is 1. The van der Waals surface area contributed by atoms with E-state index in [9.17, 15) is 4.79 Å². The summed E-state index contributed by atoms with van der Waals surface area (Å²) in [5, 5.41) is 7.04. The van der Waals surface area contributed by atoms with Crippen molar-refractivity contribution in [1.82, 2.24) is 14.9 Å². The lowest BCUT2D eigenvalue weighted by atomic mass is 9.93. The van der Waals surface area contributed by atoms with Crippen molar-refractivity contribution < 1.29 is 9.21 Å². The first-order valence-corrected chi connectivity index (χ1v) is 7.25. The summed E-state index contributed by atoms with van der Waals surface area (Å²) in [4.78, 5) is 12.9. The molecule has 0 spiro atoms. The van der Waals surface area contributed by atoms with Crippen LogP contribution in [0, 0.1) is 0 Å². The minimum Gasteiger partial charge on any atom is -0.469 e. The smallest absolute Gasteiger partial charge is 0.265 e. The van der Waals surface area contributed by atoms with Gasteiger partial charge in [-0.25, -0.2) is 0 Å². The second kappa shape index (κ2) is 5.13. The van der Waals surface area contributed by atoms with Gasteiger partial charge in [0.2, 0.25) is 0 Å². The van der Waals surface area contributed by atoms with Crippen LogP contribution in [0.5, 0.6) is 0 Å². The zero-order valence-electron chi connectivity index (χ0n) is 10.7. The van der Waals surface area contributed by atoms with Crippen molar-refractivity contribution in [1.29, 1.82) is 0 Å². The van der Waals surface area contributed by atoms with Crippen LogP contribution >= 0.6 is 11.5 Å². The van der Waals surface area contributed by atoms with Gasteiger partial charge >= 0.3 is 0 Å². The molecular weight excluding hydrogens is 262 g/mol. The second-order valence-corrected chi connectivity index (χ2v) is 5.37. The molecule has 2 aromatic heterocycles. The predicted molar refractivity (Wildman–Crippen MR) is 71.1 cm³/mol. The largest absolute Gasteiger partial charge is 0.469 e. The molecule has 0 fully saturated rings. The highest BCUT2D eigenvalue weighted by atomic mass is 32.1. The summed E-state index contributed by atoms with van der Waals surface area (Å²) in [6.45, 7) is 1.97. The van der Waals surface area contributed by atoms with Crippen molar-refractivity contribution in [3.63, 3.8) is 0 Å². The van der Waals surface area contributed by atoms with Gasteiger partial charge in [0.05, 0.1) is 18.0 Å². The van der Waals surface area contributed by atoms with Crippen LogP contribution in [0.3, 0.4) is 0 Å². The van der Waals surface area contributed by atoms with Crippen LogP contribution in [0.1, 0.15) is 52.5 Å². The van der Waals surface area contributed by atoms with Crippen molar-refractivity contribution >= 4 is 17.4 Å². The number of aryl methyl sites for hydroxylation is 2. The van der Waals surface area contributed by atoms with Crippen molar-refractivity contribution in [2.45, 2.75) is 38.6 Å². The maximum Gasteiger partial charge on any atom is 0.265 e. The summed E-state index contributed by atoms with van der Waals surface area (Å²) < 4.78 is 9.28. The van der Waals surface area contributed by atoms with Crippen LogP contribution < -0.4 is 5.32 Å². The number of carbonyl (C=O) groups is 1. The molecular formula is C13H15N3O2S. The molecule has 2 aromatic rings. The molecule has 1 unspecified atom stereocenters. The first-order valence-electron chi connectivity index (χ1n) is 6.48. The molecule has 1 aliphatic carbocycles. The molecule has 100 valence electrons. The van der Waals surface area contributed by atoms with Crippen LogP contribution in [0.25, 0.3) is 0 Å². The third kappa shape index (κ3) is 2.28. The zero-order valence-corrected chi connectivity index (χ0v) is 11.5. The van der Waals surface area contributed by atoms with Crippen LogP contribution in [0.4, 0.5) is 0 Å². The zero-order chi connectivity index (χ0) is 13.2. The normalized spacial score (nSPS) is 18.1. The summed E-state index contributed by atoms with van der Waals surface area (Å²) in [5.41, 5.74) is 1.88. The lowest BCUT2D eigenvalue weighted by Crippen LogP contribution is -2.30. The van der Waals surface area contributed by atoms with Crippen molar-refractivity contribution in [3.8, 4) is 0 Å². The Balaban J connectivity index is 1.78. The number of hydrogen-bond donors (Lipinski definition) is 1. The summed E-state index contributed by atoms with van der Waals surface area (Å²) in [6, 6.07) is 1.99. The number of furan rings is 1. The monoisotopic (exact) mass is 277 g/mol. The topological polar surface area (TPSA) is 68.0 Å². The molecule has 0 bridgehead atoms. The Bertz CT molecular complexity index is 590. The molecule has 2 heterocycles. The van der Waals surface area contributed by atoms with E-state index in [1.54, 1.807) is 6.26 Å². The third-order valence-electron chi connectivity index (χ3n) is 3.45. The second-order valence-electron chi connectivity index (χ2n) is 4.62. The highest BCUT2D eigenvalue weighted by molar-refractivity contribution is 7.08. The van der Waals surface area contributed by atoms with Gasteiger partial charge in [-0.1, -0.05) is 11.4 Å². The number of hydrogen-bond acceptors (Lipinski definition) is 5. The quantitative estimate of drug-likeness (QED) is 0.936. The fourth-order valence-corrected chi connectivity index (χ4v) is 3.13. The molecule has 3 rings (SSSR count). The molecule has 1 amide bonds. The highest BCUT2D eigenvalue weighted by Crippen LogP contribution is 2.30. The van der Waals surface area contributed by atoms with Gasteiger partial charge in [0.25, 0.3) is 5.91 Å².